The lowest BCUT2D eigenvalue weighted by atomic mass is 9.81. The van der Waals surface area contributed by atoms with Gasteiger partial charge < -0.3 is 14.4 Å². The van der Waals surface area contributed by atoms with E-state index >= 15 is 0 Å². The van der Waals surface area contributed by atoms with E-state index in [2.05, 4.69) is 18.2 Å². The number of fused-ring (bicyclic) bond motifs is 3. The normalized spacial score (nSPS) is 28.3. The van der Waals surface area contributed by atoms with Crippen molar-refractivity contribution in [3.8, 4) is 11.5 Å². The van der Waals surface area contributed by atoms with Crippen LogP contribution in [0.25, 0.3) is 5.57 Å². The Balaban J connectivity index is 1.78. The molecule has 0 aromatic heterocycles. The van der Waals surface area contributed by atoms with E-state index in [1.54, 1.807) is 0 Å². The first-order valence-corrected chi connectivity index (χ1v) is 6.96. The molecule has 1 aliphatic carbocycles. The van der Waals surface area contributed by atoms with Crippen LogP contribution in [0.15, 0.2) is 30.4 Å². The van der Waals surface area contributed by atoms with Crippen LogP contribution in [0, 0.1) is 5.92 Å². The second kappa shape index (κ2) is 3.45. The van der Waals surface area contributed by atoms with Crippen LogP contribution < -0.4 is 9.47 Å². The van der Waals surface area contributed by atoms with Crippen molar-refractivity contribution in [1.82, 2.24) is 4.90 Å². The maximum atomic E-state index is 12.7. The molecule has 0 radical (unpaired) electrons. The minimum absolute atomic E-state index is 0.123. The van der Waals surface area contributed by atoms with E-state index in [0.29, 0.717) is 11.7 Å². The summed E-state index contributed by atoms with van der Waals surface area (Å²) in [5, 5.41) is 0. The van der Waals surface area contributed by atoms with E-state index in [9.17, 15) is 4.79 Å². The molecule has 0 spiro atoms. The highest BCUT2D eigenvalue weighted by atomic mass is 16.7. The number of rotatable bonds is 0. The molecule has 1 amide bonds. The molecule has 0 N–H and O–H groups in total. The summed E-state index contributed by atoms with van der Waals surface area (Å²) in [5.41, 5.74) is 2.99. The zero-order valence-electron chi connectivity index (χ0n) is 10.8. The quantitative estimate of drug-likeness (QED) is 0.723. The van der Waals surface area contributed by atoms with Crippen LogP contribution in [0.1, 0.15) is 22.3 Å². The van der Waals surface area contributed by atoms with Crippen molar-refractivity contribution in [3.05, 3.63) is 41.5 Å². The lowest BCUT2D eigenvalue weighted by Gasteiger charge is -2.36. The monoisotopic (exact) mass is 267 g/mol. The molecule has 0 unspecified atom stereocenters. The van der Waals surface area contributed by atoms with E-state index < -0.39 is 0 Å². The Morgan fingerprint density at radius 1 is 1.15 bits per heavy atom. The minimum Gasteiger partial charge on any atom is -0.454 e. The first-order valence-electron chi connectivity index (χ1n) is 6.96. The molecule has 5 rings (SSSR count). The molecule has 100 valence electrons. The Hall–Kier alpha value is -2.23. The molecule has 0 bridgehead atoms. The highest BCUT2D eigenvalue weighted by molar-refractivity contribution is 6.05. The zero-order chi connectivity index (χ0) is 13.3. The third-order valence-electron chi connectivity index (χ3n) is 4.71. The summed E-state index contributed by atoms with van der Waals surface area (Å²) in [7, 11) is 0. The van der Waals surface area contributed by atoms with E-state index in [-0.39, 0.29) is 18.7 Å². The molecule has 1 aromatic carbocycles. The standard InChI is InChI=1S/C16H13NO3/c18-16-12-7-14-13(19-8-20-14)6-11(12)10-3-1-2-9-4-5-17(16)15(9)10/h1-3,6-7,9,15H,4-5,8H2/t9-,15+/m1/s1. The SMILES string of the molecule is O=C1c2cc3c(cc2C2=CC=C[C@@H]4CCN1[C@H]24)OCO3. The van der Waals surface area contributed by atoms with E-state index in [0.717, 1.165) is 29.8 Å². The predicted octanol–water partition coefficient (Wildman–Crippen LogP) is 2.21. The largest absolute Gasteiger partial charge is 0.454 e. The number of ether oxygens (including phenoxy) is 2. The Morgan fingerprint density at radius 2 is 1.95 bits per heavy atom. The summed E-state index contributed by atoms with van der Waals surface area (Å²) in [6.45, 7) is 1.07. The van der Waals surface area contributed by atoms with Crippen LogP contribution in [0.4, 0.5) is 0 Å². The number of hydrogen-bond donors (Lipinski definition) is 0. The third kappa shape index (κ3) is 1.15. The molecule has 1 aromatic rings. The molecule has 2 atom stereocenters. The van der Waals surface area contributed by atoms with Gasteiger partial charge in [-0.1, -0.05) is 18.2 Å². The van der Waals surface area contributed by atoms with Crippen LogP contribution in [0.5, 0.6) is 11.5 Å². The Kier molecular flexibility index (Phi) is 1.82. The van der Waals surface area contributed by atoms with Gasteiger partial charge >= 0.3 is 0 Å². The fourth-order valence-corrected chi connectivity index (χ4v) is 3.81. The summed E-state index contributed by atoms with van der Waals surface area (Å²) >= 11 is 0. The molecule has 4 heteroatoms. The Bertz CT molecular complexity index is 704. The number of carbonyl (C=O) groups excluding carboxylic acids is 1. The summed E-state index contributed by atoms with van der Waals surface area (Å²) in [5.74, 6) is 2.00. The second-order valence-electron chi connectivity index (χ2n) is 5.65. The molecular formula is C16H13NO3. The lowest BCUT2D eigenvalue weighted by molar-refractivity contribution is 0.0748. The molecule has 3 aliphatic heterocycles. The molecule has 1 saturated heterocycles. The van der Waals surface area contributed by atoms with Gasteiger partial charge in [0.05, 0.1) is 11.6 Å². The molecule has 0 saturated carbocycles. The van der Waals surface area contributed by atoms with Crippen molar-refractivity contribution >= 4 is 11.5 Å². The molecular weight excluding hydrogens is 254 g/mol. The summed E-state index contributed by atoms with van der Waals surface area (Å²) in [6.07, 6.45) is 7.52. The van der Waals surface area contributed by atoms with Gasteiger partial charge in [0.2, 0.25) is 6.79 Å². The van der Waals surface area contributed by atoms with Gasteiger partial charge in [0, 0.05) is 12.5 Å². The van der Waals surface area contributed by atoms with Gasteiger partial charge in [0.25, 0.3) is 5.91 Å². The molecule has 1 fully saturated rings. The maximum Gasteiger partial charge on any atom is 0.255 e. The number of carbonyl (C=O) groups is 1. The van der Waals surface area contributed by atoms with Crippen molar-refractivity contribution in [1.29, 1.82) is 0 Å². The van der Waals surface area contributed by atoms with Crippen molar-refractivity contribution in [3.63, 3.8) is 0 Å². The van der Waals surface area contributed by atoms with E-state index in [1.165, 1.54) is 5.57 Å². The highest BCUT2D eigenvalue weighted by Gasteiger charge is 2.45. The Morgan fingerprint density at radius 3 is 2.80 bits per heavy atom. The number of hydrogen-bond acceptors (Lipinski definition) is 3. The van der Waals surface area contributed by atoms with Gasteiger partial charge in [0.15, 0.2) is 11.5 Å². The first-order chi connectivity index (χ1) is 9.83. The zero-order valence-corrected chi connectivity index (χ0v) is 10.8. The Labute approximate surface area is 116 Å². The third-order valence-corrected chi connectivity index (χ3v) is 4.71. The van der Waals surface area contributed by atoms with E-state index in [1.807, 2.05) is 17.0 Å². The van der Waals surface area contributed by atoms with Crippen molar-refractivity contribution in [2.45, 2.75) is 12.5 Å². The smallest absolute Gasteiger partial charge is 0.255 e. The predicted molar refractivity (Wildman–Crippen MR) is 72.6 cm³/mol. The number of nitrogens with zero attached hydrogens (tertiary/aromatic N) is 1. The maximum absolute atomic E-state index is 12.7. The molecule has 20 heavy (non-hydrogen) atoms. The fourth-order valence-electron chi connectivity index (χ4n) is 3.81. The fraction of sp³-hybridized carbons (Fsp3) is 0.312. The first kappa shape index (κ1) is 10.5. The van der Waals surface area contributed by atoms with Crippen LogP contribution in [0.2, 0.25) is 0 Å². The summed E-state index contributed by atoms with van der Waals surface area (Å²) in [6, 6.07) is 4.01. The highest BCUT2D eigenvalue weighted by Crippen LogP contribution is 2.47. The second-order valence-corrected chi connectivity index (χ2v) is 5.65. The summed E-state index contributed by atoms with van der Waals surface area (Å²) < 4.78 is 10.9. The number of benzene rings is 1. The summed E-state index contributed by atoms with van der Waals surface area (Å²) in [4.78, 5) is 14.7. The minimum atomic E-state index is 0.123. The topological polar surface area (TPSA) is 38.8 Å². The number of amides is 1. The number of allylic oxidation sites excluding steroid dienone is 2. The van der Waals surface area contributed by atoms with Gasteiger partial charge in [-0.3, -0.25) is 4.79 Å². The van der Waals surface area contributed by atoms with Crippen LogP contribution in [-0.4, -0.2) is 30.2 Å². The lowest BCUT2D eigenvalue weighted by Crippen LogP contribution is -2.43. The molecule has 3 heterocycles. The van der Waals surface area contributed by atoms with Crippen LogP contribution in [0.3, 0.4) is 0 Å². The van der Waals surface area contributed by atoms with Gasteiger partial charge in [-0.2, -0.15) is 0 Å². The molecule has 4 aliphatic rings. The van der Waals surface area contributed by atoms with Crippen molar-refractivity contribution in [2.24, 2.45) is 5.92 Å². The molecule has 4 nitrogen and oxygen atoms in total. The average molecular weight is 267 g/mol. The van der Waals surface area contributed by atoms with Crippen molar-refractivity contribution < 1.29 is 14.3 Å². The van der Waals surface area contributed by atoms with Crippen LogP contribution in [-0.2, 0) is 0 Å². The average Bonchev–Trinajstić information content (AvgIpc) is 3.10. The van der Waals surface area contributed by atoms with Gasteiger partial charge in [-0.15, -0.1) is 0 Å². The van der Waals surface area contributed by atoms with Gasteiger partial charge in [-0.25, -0.2) is 0 Å². The van der Waals surface area contributed by atoms with E-state index in [4.69, 9.17) is 9.47 Å². The van der Waals surface area contributed by atoms with Gasteiger partial charge in [-0.05, 0) is 29.7 Å². The van der Waals surface area contributed by atoms with Crippen LogP contribution >= 0.6 is 0 Å². The van der Waals surface area contributed by atoms with Crippen molar-refractivity contribution in [2.75, 3.05) is 13.3 Å². The van der Waals surface area contributed by atoms with Gasteiger partial charge in [0.1, 0.15) is 0 Å².